The highest BCUT2D eigenvalue weighted by Crippen LogP contribution is 2.42. The number of imidazole rings is 1. The lowest BCUT2D eigenvalue weighted by atomic mass is 9.81. The maximum absolute atomic E-state index is 12.4. The normalized spacial score (nSPS) is 12.5. The van der Waals surface area contributed by atoms with Crippen LogP contribution in [0, 0.1) is 6.92 Å². The van der Waals surface area contributed by atoms with E-state index in [2.05, 4.69) is 81.6 Å². The number of aryl methyl sites for hydroxylation is 1. The van der Waals surface area contributed by atoms with Crippen LogP contribution >= 0.6 is 0 Å². The predicted molar refractivity (Wildman–Crippen MR) is 142 cm³/mol. The Morgan fingerprint density at radius 2 is 1.51 bits per heavy atom. The van der Waals surface area contributed by atoms with E-state index in [0.29, 0.717) is 6.61 Å². The van der Waals surface area contributed by atoms with Crippen molar-refractivity contribution in [3.63, 3.8) is 0 Å². The molecule has 0 N–H and O–H groups in total. The molecule has 0 fully saturated rings. The Morgan fingerprint density at radius 1 is 0.914 bits per heavy atom. The van der Waals surface area contributed by atoms with Crippen LogP contribution in [0.3, 0.4) is 0 Å². The second kappa shape index (κ2) is 10.2. The van der Waals surface area contributed by atoms with Gasteiger partial charge in [0.1, 0.15) is 11.2 Å². The van der Waals surface area contributed by atoms with Crippen LogP contribution in [0.4, 0.5) is 0 Å². The minimum absolute atomic E-state index is 0.0968. The SMILES string of the molecule is CCOC(=O)Cc1c(C)nc2ccc(C(O[SiH2]C(C)(C)C)(c3ccccc3)c3ccccc3)cn12. The molecule has 2 aromatic heterocycles. The van der Waals surface area contributed by atoms with Gasteiger partial charge in [-0.2, -0.15) is 0 Å². The Kier molecular flexibility index (Phi) is 7.24. The molecule has 2 aromatic carbocycles. The van der Waals surface area contributed by atoms with Gasteiger partial charge in [0.05, 0.1) is 24.4 Å². The first-order valence-corrected chi connectivity index (χ1v) is 13.4. The standard InChI is InChI=1S/C29H34N2O3Si/c1-6-33-27(32)19-25-21(2)30-26-18-17-24(20-31(25)26)29(34-35-28(3,4)5,22-13-9-7-10-14-22)23-15-11-8-12-16-23/h7-18,20H,6,19,35H2,1-5H3. The second-order valence-electron chi connectivity index (χ2n) is 10.0. The first kappa shape index (κ1) is 24.9. The number of benzene rings is 2. The number of rotatable bonds is 8. The number of carbonyl (C=O) groups is 1. The molecule has 2 heterocycles. The highest BCUT2D eigenvalue weighted by atomic mass is 28.2. The molecule has 0 atom stereocenters. The van der Waals surface area contributed by atoms with Gasteiger partial charge >= 0.3 is 5.97 Å². The van der Waals surface area contributed by atoms with Crippen molar-refractivity contribution in [1.29, 1.82) is 0 Å². The molecule has 0 saturated carbocycles. The van der Waals surface area contributed by atoms with Crippen molar-refractivity contribution < 1.29 is 14.0 Å². The largest absolute Gasteiger partial charge is 0.466 e. The molecule has 4 rings (SSSR count). The maximum atomic E-state index is 12.4. The van der Waals surface area contributed by atoms with Gasteiger partial charge in [0.25, 0.3) is 0 Å². The first-order chi connectivity index (χ1) is 16.7. The van der Waals surface area contributed by atoms with E-state index >= 15 is 0 Å². The smallest absolute Gasteiger partial charge is 0.311 e. The van der Waals surface area contributed by atoms with Gasteiger partial charge < -0.3 is 13.6 Å². The summed E-state index contributed by atoms with van der Waals surface area (Å²) in [5, 5.41) is 0.0968. The Balaban J connectivity index is 1.96. The van der Waals surface area contributed by atoms with E-state index in [-0.39, 0.29) is 17.4 Å². The minimum atomic E-state index is -0.966. The molecule has 4 aromatic rings. The molecule has 0 aliphatic carbocycles. The van der Waals surface area contributed by atoms with Gasteiger partial charge in [-0.25, -0.2) is 4.98 Å². The zero-order valence-electron chi connectivity index (χ0n) is 21.2. The van der Waals surface area contributed by atoms with E-state index in [1.165, 1.54) is 0 Å². The highest BCUT2D eigenvalue weighted by Gasteiger charge is 2.39. The molecule has 0 unspecified atom stereocenters. The predicted octanol–water partition coefficient (Wildman–Crippen LogP) is 5.36. The van der Waals surface area contributed by atoms with Crippen molar-refractivity contribution in [2.24, 2.45) is 0 Å². The lowest BCUT2D eigenvalue weighted by Crippen LogP contribution is -2.36. The van der Waals surface area contributed by atoms with E-state index in [0.717, 1.165) is 33.7 Å². The molecule has 0 aliphatic heterocycles. The lowest BCUT2D eigenvalue weighted by molar-refractivity contribution is -0.142. The van der Waals surface area contributed by atoms with E-state index in [4.69, 9.17) is 14.1 Å². The molecule has 35 heavy (non-hydrogen) atoms. The third-order valence-electron chi connectivity index (χ3n) is 6.02. The fourth-order valence-electron chi connectivity index (χ4n) is 4.40. The number of ether oxygens (including phenoxy) is 1. The van der Waals surface area contributed by atoms with E-state index in [1.54, 1.807) is 0 Å². The van der Waals surface area contributed by atoms with Crippen LogP contribution in [0.2, 0.25) is 5.04 Å². The average Bonchev–Trinajstić information content (AvgIpc) is 3.15. The first-order valence-electron chi connectivity index (χ1n) is 12.1. The third-order valence-corrected chi connectivity index (χ3v) is 7.47. The number of carbonyl (C=O) groups excluding carboxylic acids is 1. The molecular formula is C29H34N2O3Si. The van der Waals surface area contributed by atoms with Crippen LogP contribution in [0.15, 0.2) is 79.0 Å². The van der Waals surface area contributed by atoms with Crippen LogP contribution in [0.25, 0.3) is 5.65 Å². The van der Waals surface area contributed by atoms with E-state index < -0.39 is 15.4 Å². The van der Waals surface area contributed by atoms with Crippen molar-refractivity contribution >= 4 is 21.4 Å². The summed E-state index contributed by atoms with van der Waals surface area (Å²) in [6.07, 6.45) is 2.26. The quantitative estimate of drug-likeness (QED) is 0.249. The number of hydrogen-bond acceptors (Lipinski definition) is 4. The molecule has 0 bridgehead atoms. The van der Waals surface area contributed by atoms with E-state index in [1.807, 2.05) is 36.4 Å². The Labute approximate surface area is 210 Å². The van der Waals surface area contributed by atoms with Crippen molar-refractivity contribution in [3.05, 3.63) is 107 Å². The molecule has 0 radical (unpaired) electrons. The number of aromatic nitrogens is 2. The summed E-state index contributed by atoms with van der Waals surface area (Å²) in [4.78, 5) is 17.1. The van der Waals surface area contributed by atoms with Crippen LogP contribution in [0.5, 0.6) is 0 Å². The average molecular weight is 487 g/mol. The Bertz CT molecular complexity index is 1250. The maximum Gasteiger partial charge on any atom is 0.311 e. The molecule has 0 spiro atoms. The van der Waals surface area contributed by atoms with Crippen molar-refractivity contribution in [2.45, 2.75) is 51.7 Å². The van der Waals surface area contributed by atoms with Crippen molar-refractivity contribution in [3.8, 4) is 0 Å². The Hall–Kier alpha value is -3.22. The van der Waals surface area contributed by atoms with Crippen LogP contribution < -0.4 is 0 Å². The van der Waals surface area contributed by atoms with Gasteiger partial charge in [0, 0.05) is 11.8 Å². The van der Waals surface area contributed by atoms with Gasteiger partial charge in [-0.05, 0) is 36.1 Å². The van der Waals surface area contributed by atoms with Crippen LogP contribution in [-0.4, -0.2) is 31.7 Å². The molecule has 5 nitrogen and oxygen atoms in total. The number of esters is 1. The third kappa shape index (κ3) is 5.23. The summed E-state index contributed by atoms with van der Waals surface area (Å²) >= 11 is 0. The van der Waals surface area contributed by atoms with Gasteiger partial charge in [-0.15, -0.1) is 0 Å². The number of fused-ring (bicyclic) bond motifs is 1. The summed E-state index contributed by atoms with van der Waals surface area (Å²) in [5.74, 6) is -0.253. The second-order valence-corrected chi connectivity index (χ2v) is 12.7. The lowest BCUT2D eigenvalue weighted by Gasteiger charge is -2.38. The summed E-state index contributed by atoms with van der Waals surface area (Å²) < 4.78 is 14.3. The Morgan fingerprint density at radius 3 is 2.06 bits per heavy atom. The molecule has 0 saturated heterocycles. The van der Waals surface area contributed by atoms with Gasteiger partial charge in [0.15, 0.2) is 9.76 Å². The summed E-state index contributed by atoms with van der Waals surface area (Å²) in [6, 6.07) is 24.9. The summed E-state index contributed by atoms with van der Waals surface area (Å²) in [6.45, 7) is 10.8. The molecule has 0 aliphatic rings. The fraction of sp³-hybridized carbons (Fsp3) is 0.310. The van der Waals surface area contributed by atoms with Crippen molar-refractivity contribution in [2.75, 3.05) is 6.61 Å². The zero-order valence-corrected chi connectivity index (χ0v) is 22.7. The molecular weight excluding hydrogens is 452 g/mol. The zero-order chi connectivity index (χ0) is 25.1. The van der Waals surface area contributed by atoms with Crippen LogP contribution in [-0.2, 0) is 26.0 Å². The van der Waals surface area contributed by atoms with Gasteiger partial charge in [-0.1, -0.05) is 87.5 Å². The highest BCUT2D eigenvalue weighted by molar-refractivity contribution is 6.32. The topological polar surface area (TPSA) is 52.8 Å². The van der Waals surface area contributed by atoms with Gasteiger partial charge in [0.2, 0.25) is 0 Å². The fourth-order valence-corrected chi connectivity index (χ4v) is 5.55. The minimum Gasteiger partial charge on any atom is -0.466 e. The number of nitrogens with zero attached hydrogens (tertiary/aromatic N) is 2. The molecule has 0 amide bonds. The molecule has 6 heteroatoms. The van der Waals surface area contributed by atoms with E-state index in [9.17, 15) is 4.79 Å². The van der Waals surface area contributed by atoms with Crippen LogP contribution in [0.1, 0.15) is 55.8 Å². The monoisotopic (exact) mass is 486 g/mol. The number of pyridine rings is 1. The number of hydrogen-bond donors (Lipinski definition) is 0. The summed E-state index contributed by atoms with van der Waals surface area (Å²) in [7, 11) is -0.966. The molecule has 182 valence electrons. The van der Waals surface area contributed by atoms with Gasteiger partial charge in [-0.3, -0.25) is 4.79 Å². The summed E-state index contributed by atoms with van der Waals surface area (Å²) in [5.41, 5.74) is 4.83. The van der Waals surface area contributed by atoms with Crippen molar-refractivity contribution in [1.82, 2.24) is 9.38 Å².